The highest BCUT2D eigenvalue weighted by atomic mass is 28.3. The molecular weight excluding hydrogens is 518 g/mol. The van der Waals surface area contributed by atoms with Crippen LogP contribution in [0, 0.1) is 29.0 Å². The summed E-state index contributed by atoms with van der Waals surface area (Å²) in [5, 5.41) is 15.1. The lowest BCUT2D eigenvalue weighted by Gasteiger charge is -2.23. The van der Waals surface area contributed by atoms with Gasteiger partial charge in [0, 0.05) is 57.0 Å². The number of nitriles is 1. The van der Waals surface area contributed by atoms with E-state index in [9.17, 15) is 14.0 Å². The monoisotopic (exact) mass is 550 g/mol. The van der Waals surface area contributed by atoms with Gasteiger partial charge in [0.25, 0.3) is 5.95 Å². The molecule has 39 heavy (non-hydrogen) atoms. The normalized spacial score (nSPS) is 16.6. The number of rotatable bonds is 10. The number of nitrogens with zero attached hydrogens (tertiary/aromatic N) is 8. The van der Waals surface area contributed by atoms with Crippen molar-refractivity contribution in [2.24, 2.45) is 5.92 Å². The Balaban J connectivity index is 1.32. The number of anilines is 1. The molecule has 4 aromatic rings. The van der Waals surface area contributed by atoms with Gasteiger partial charge in [0.1, 0.15) is 24.5 Å². The van der Waals surface area contributed by atoms with Crippen LogP contribution in [0.15, 0.2) is 43.1 Å². The van der Waals surface area contributed by atoms with E-state index in [0.29, 0.717) is 25.6 Å². The topological polar surface area (TPSA) is 97.7 Å². The first-order valence-corrected chi connectivity index (χ1v) is 16.8. The van der Waals surface area contributed by atoms with Crippen LogP contribution < -0.4 is 4.90 Å². The second-order valence-corrected chi connectivity index (χ2v) is 16.8. The van der Waals surface area contributed by atoms with Gasteiger partial charge in [0.05, 0.1) is 30.4 Å². The molecule has 0 unspecified atom stereocenters. The van der Waals surface area contributed by atoms with E-state index in [1.807, 2.05) is 32.6 Å². The average molecular weight is 551 g/mol. The van der Waals surface area contributed by atoms with Crippen LogP contribution in [0.1, 0.15) is 18.9 Å². The molecule has 204 valence electrons. The maximum absolute atomic E-state index is 13.7. The van der Waals surface area contributed by atoms with E-state index in [0.717, 1.165) is 47.4 Å². The van der Waals surface area contributed by atoms with E-state index < -0.39 is 19.8 Å². The number of hydrogen-bond acceptors (Lipinski definition) is 7. The third-order valence-electron chi connectivity index (χ3n) is 7.18. The molecule has 1 aliphatic rings. The second kappa shape index (κ2) is 11.2. The minimum Gasteiger partial charge on any atom is -0.361 e. The summed E-state index contributed by atoms with van der Waals surface area (Å²) in [6.07, 6.45) is 8.24. The van der Waals surface area contributed by atoms with Gasteiger partial charge in [-0.1, -0.05) is 19.6 Å². The molecule has 0 spiro atoms. The lowest BCUT2D eigenvalue weighted by Crippen LogP contribution is -2.25. The van der Waals surface area contributed by atoms with Crippen molar-refractivity contribution in [3.05, 3.63) is 54.9 Å². The van der Waals surface area contributed by atoms with Crippen LogP contribution in [0.4, 0.5) is 14.6 Å². The molecule has 12 heteroatoms. The predicted molar refractivity (Wildman–Crippen MR) is 147 cm³/mol. The molecule has 1 fully saturated rings. The van der Waals surface area contributed by atoms with Gasteiger partial charge in [-0.25, -0.2) is 14.4 Å². The molecule has 9 nitrogen and oxygen atoms in total. The van der Waals surface area contributed by atoms with Crippen molar-refractivity contribution < 1.29 is 13.5 Å². The lowest BCUT2D eigenvalue weighted by molar-refractivity contribution is 0.0899. The summed E-state index contributed by atoms with van der Waals surface area (Å²) in [7, 11) is -1.16. The Bertz CT molecular complexity index is 1490. The predicted octanol–water partition coefficient (Wildman–Crippen LogP) is 5.26. The van der Waals surface area contributed by atoms with Gasteiger partial charge in [0.15, 0.2) is 5.82 Å². The molecule has 0 amide bonds. The molecule has 0 aromatic carbocycles. The van der Waals surface area contributed by atoms with Crippen LogP contribution in [0.2, 0.25) is 25.7 Å². The Labute approximate surface area is 227 Å². The Morgan fingerprint density at radius 1 is 1.21 bits per heavy atom. The van der Waals surface area contributed by atoms with E-state index in [1.54, 1.807) is 12.5 Å². The van der Waals surface area contributed by atoms with E-state index in [4.69, 9.17) is 4.74 Å². The van der Waals surface area contributed by atoms with Crippen molar-refractivity contribution in [3.63, 3.8) is 0 Å². The quantitative estimate of drug-likeness (QED) is 0.151. The first-order valence-electron chi connectivity index (χ1n) is 13.1. The number of ether oxygens (including phenoxy) is 1. The van der Waals surface area contributed by atoms with Crippen molar-refractivity contribution >= 4 is 24.9 Å². The zero-order valence-electron chi connectivity index (χ0n) is 22.4. The SMILES string of the molecule is C[Si](C)(C)CCOCn1ccc2c(-c3cnn([C@@H](CC#N)[C@H]4CCN(c5ccc(F)c(F)n5)C4)c3)ncnc21. The number of pyridine rings is 1. The summed E-state index contributed by atoms with van der Waals surface area (Å²) < 4.78 is 36.8. The van der Waals surface area contributed by atoms with Crippen LogP contribution in [-0.4, -0.2) is 57.1 Å². The molecule has 1 aliphatic heterocycles. The Morgan fingerprint density at radius 2 is 2.05 bits per heavy atom. The highest BCUT2D eigenvalue weighted by molar-refractivity contribution is 6.76. The third-order valence-corrected chi connectivity index (χ3v) is 8.88. The maximum Gasteiger partial charge on any atom is 0.250 e. The Morgan fingerprint density at radius 3 is 2.82 bits per heavy atom. The number of hydrogen-bond donors (Lipinski definition) is 0. The number of halogens is 2. The summed E-state index contributed by atoms with van der Waals surface area (Å²) in [4.78, 5) is 14.7. The molecule has 2 atom stereocenters. The van der Waals surface area contributed by atoms with E-state index in [2.05, 4.69) is 45.8 Å². The molecule has 0 bridgehead atoms. The first kappa shape index (κ1) is 26.9. The van der Waals surface area contributed by atoms with Gasteiger partial charge >= 0.3 is 0 Å². The van der Waals surface area contributed by atoms with Crippen LogP contribution in [-0.2, 0) is 11.5 Å². The lowest BCUT2D eigenvalue weighted by atomic mass is 9.96. The van der Waals surface area contributed by atoms with Gasteiger partial charge in [-0.3, -0.25) is 4.68 Å². The smallest absolute Gasteiger partial charge is 0.250 e. The van der Waals surface area contributed by atoms with Crippen LogP contribution >= 0.6 is 0 Å². The summed E-state index contributed by atoms with van der Waals surface area (Å²) in [6.45, 7) is 9.35. The standard InChI is InChI=1S/C27H32F2N8OSi/c1-39(2,3)13-12-38-18-36-11-8-21-25(31-17-32-27(21)36)20-14-33-37(16-20)23(6-9-30)19-7-10-35(15-19)24-5-4-22(28)26(29)34-24/h4-5,8,11,14,16-17,19,23H,6-7,10,12-13,15,18H2,1-3H3/t19-,23-/m0/s1. The fraction of sp³-hybridized carbons (Fsp3) is 0.444. The zero-order chi connectivity index (χ0) is 27.6. The summed E-state index contributed by atoms with van der Waals surface area (Å²) in [5.74, 6) is -1.59. The van der Waals surface area contributed by atoms with E-state index in [-0.39, 0.29) is 18.4 Å². The molecule has 0 saturated carbocycles. The van der Waals surface area contributed by atoms with Gasteiger partial charge < -0.3 is 14.2 Å². The Kier molecular flexibility index (Phi) is 7.72. The van der Waals surface area contributed by atoms with Gasteiger partial charge in [-0.05, 0) is 30.7 Å². The van der Waals surface area contributed by atoms with Crippen LogP contribution in [0.25, 0.3) is 22.3 Å². The van der Waals surface area contributed by atoms with Crippen molar-refractivity contribution in [3.8, 4) is 17.3 Å². The second-order valence-electron chi connectivity index (χ2n) is 11.2. The molecule has 5 heterocycles. The molecule has 0 radical (unpaired) electrons. The maximum atomic E-state index is 13.7. The minimum atomic E-state index is -1.16. The third kappa shape index (κ3) is 5.99. The summed E-state index contributed by atoms with van der Waals surface area (Å²) >= 11 is 0. The van der Waals surface area contributed by atoms with Crippen LogP contribution in [0.3, 0.4) is 0 Å². The molecule has 0 aliphatic carbocycles. The summed E-state index contributed by atoms with van der Waals surface area (Å²) in [5.41, 5.74) is 2.39. The van der Waals surface area contributed by atoms with Crippen LogP contribution in [0.5, 0.6) is 0 Å². The van der Waals surface area contributed by atoms with E-state index in [1.165, 1.54) is 6.07 Å². The van der Waals surface area contributed by atoms with Crippen molar-refractivity contribution in [2.45, 2.75) is 51.3 Å². The van der Waals surface area contributed by atoms with E-state index >= 15 is 0 Å². The first-order chi connectivity index (χ1) is 18.7. The molecule has 0 N–H and O–H groups in total. The number of aromatic nitrogens is 6. The van der Waals surface area contributed by atoms with Gasteiger partial charge in [0.2, 0.25) is 0 Å². The minimum absolute atomic E-state index is 0.0899. The number of fused-ring (bicyclic) bond motifs is 1. The average Bonchev–Trinajstić information content (AvgIpc) is 3.66. The molecule has 4 aromatic heterocycles. The fourth-order valence-electron chi connectivity index (χ4n) is 4.98. The summed E-state index contributed by atoms with van der Waals surface area (Å²) in [6, 6.07) is 7.77. The van der Waals surface area contributed by atoms with Crippen molar-refractivity contribution in [2.75, 3.05) is 24.6 Å². The molecular formula is C27H32F2N8OSi. The van der Waals surface area contributed by atoms with Crippen molar-refractivity contribution in [1.29, 1.82) is 5.26 Å². The van der Waals surface area contributed by atoms with Gasteiger partial charge in [-0.15, -0.1) is 0 Å². The Hall–Kier alpha value is -3.69. The zero-order valence-corrected chi connectivity index (χ0v) is 23.4. The highest BCUT2D eigenvalue weighted by Gasteiger charge is 2.32. The molecule has 1 saturated heterocycles. The van der Waals surface area contributed by atoms with Gasteiger partial charge in [-0.2, -0.15) is 19.7 Å². The van der Waals surface area contributed by atoms with Crippen molar-refractivity contribution in [1.82, 2.24) is 29.3 Å². The molecule has 5 rings (SSSR count). The fourth-order valence-corrected chi connectivity index (χ4v) is 5.74. The largest absolute Gasteiger partial charge is 0.361 e. The highest BCUT2D eigenvalue weighted by Crippen LogP contribution is 2.34.